The molecule has 0 bridgehead atoms. The minimum absolute atomic E-state index is 0.124. The van der Waals surface area contributed by atoms with E-state index in [1.165, 1.54) is 0 Å². The number of H-pyrrole nitrogens is 2. The maximum Gasteiger partial charge on any atom is 0.221 e. The number of amides is 1. The smallest absolute Gasteiger partial charge is 0.221 e. The summed E-state index contributed by atoms with van der Waals surface area (Å²) >= 11 is 1.64. The van der Waals surface area contributed by atoms with Gasteiger partial charge in [0.2, 0.25) is 5.91 Å². The quantitative estimate of drug-likeness (QED) is 0.364. The number of aromatic amines is 2. The average Bonchev–Trinajstić information content (AvgIpc) is 3.57. The number of rotatable bonds is 5. The fourth-order valence-corrected chi connectivity index (χ4v) is 4.48. The van der Waals surface area contributed by atoms with E-state index < -0.39 is 5.91 Å². The molecule has 0 unspecified atom stereocenters. The van der Waals surface area contributed by atoms with Crippen molar-refractivity contribution in [2.24, 2.45) is 5.73 Å². The van der Waals surface area contributed by atoms with E-state index in [0.717, 1.165) is 33.3 Å². The third-order valence-corrected chi connectivity index (χ3v) is 6.00. The first kappa shape index (κ1) is 19.3. The number of hydrogen-bond acceptors (Lipinski definition) is 7. The lowest BCUT2D eigenvalue weighted by Crippen LogP contribution is -2.13. The van der Waals surface area contributed by atoms with E-state index >= 15 is 0 Å². The first-order valence-corrected chi connectivity index (χ1v) is 11.1. The molecule has 0 aromatic carbocycles. The highest BCUT2D eigenvalue weighted by atomic mass is 32.1. The minimum Gasteiger partial charge on any atom is -0.369 e. The Kier molecular flexibility index (Phi) is 4.44. The topological polar surface area (TPSA) is 139 Å². The number of fused-ring (bicyclic) bond motifs is 2. The predicted octanol–water partition coefficient (Wildman–Crippen LogP) is 3.71. The summed E-state index contributed by atoms with van der Waals surface area (Å²) in [4.78, 5) is 32.9. The highest BCUT2D eigenvalue weighted by molar-refractivity contribution is 7.08. The molecular weight excluding hydrogens is 436 g/mol. The fourth-order valence-electron chi connectivity index (χ4n) is 3.82. The molecule has 6 heterocycles. The van der Waals surface area contributed by atoms with E-state index in [1.807, 2.05) is 29.6 Å². The van der Waals surface area contributed by atoms with Crippen molar-refractivity contribution in [3.05, 3.63) is 65.2 Å². The van der Waals surface area contributed by atoms with Crippen molar-refractivity contribution in [3.63, 3.8) is 0 Å². The Hall–Kier alpha value is -4.44. The van der Waals surface area contributed by atoms with Crippen molar-refractivity contribution in [2.75, 3.05) is 0 Å². The van der Waals surface area contributed by atoms with Crippen LogP contribution in [0.15, 0.2) is 59.7 Å². The third-order valence-electron chi connectivity index (χ3n) is 5.32. The Morgan fingerprint density at radius 2 is 2.00 bits per heavy atom. The van der Waals surface area contributed by atoms with Crippen molar-refractivity contribution >= 4 is 39.4 Å². The van der Waals surface area contributed by atoms with E-state index in [9.17, 15) is 4.79 Å². The molecule has 6 aromatic rings. The molecule has 9 nitrogen and oxygen atoms in total. The molecule has 0 aliphatic heterocycles. The van der Waals surface area contributed by atoms with Crippen LogP contribution in [-0.2, 0) is 11.2 Å². The Labute approximate surface area is 190 Å². The van der Waals surface area contributed by atoms with Crippen LogP contribution in [0.3, 0.4) is 0 Å². The van der Waals surface area contributed by atoms with Gasteiger partial charge in [-0.15, -0.1) is 0 Å². The number of primary amides is 1. The molecule has 0 atom stereocenters. The molecule has 6 rings (SSSR count). The Balaban J connectivity index is 1.46. The van der Waals surface area contributed by atoms with Gasteiger partial charge in [-0.05, 0) is 52.2 Å². The summed E-state index contributed by atoms with van der Waals surface area (Å²) in [7, 11) is 0. The van der Waals surface area contributed by atoms with Crippen LogP contribution in [-0.4, -0.2) is 41.0 Å². The van der Waals surface area contributed by atoms with Crippen LogP contribution in [0.25, 0.3) is 56.1 Å². The van der Waals surface area contributed by atoms with Crippen LogP contribution < -0.4 is 5.73 Å². The number of carbonyl (C=O) groups is 1. The van der Waals surface area contributed by atoms with Gasteiger partial charge in [0.25, 0.3) is 0 Å². The van der Waals surface area contributed by atoms with Gasteiger partial charge in [0.1, 0.15) is 11.0 Å². The molecule has 10 heteroatoms. The summed E-state index contributed by atoms with van der Waals surface area (Å²) in [5.74, 6) is 0.173. The summed E-state index contributed by atoms with van der Waals surface area (Å²) in [6.07, 6.45) is 5.22. The van der Waals surface area contributed by atoms with Crippen LogP contribution in [0.4, 0.5) is 0 Å². The zero-order valence-electron chi connectivity index (χ0n) is 17.1. The van der Waals surface area contributed by atoms with E-state index in [-0.39, 0.29) is 6.42 Å². The molecule has 33 heavy (non-hydrogen) atoms. The number of nitrogens with zero attached hydrogens (tertiary/aromatic N) is 5. The lowest BCUT2D eigenvalue weighted by atomic mass is 10.1. The van der Waals surface area contributed by atoms with Gasteiger partial charge in [-0.1, -0.05) is 0 Å². The standard InChI is InChI=1S/C23H16N8OS/c24-18(32)8-12-7-14(10-25-9-12)16-1-2-17-20(27-16)21(31-30-17)23-28-19-15(13-4-6-33-11-13)3-5-26-22(19)29-23/h1-7,9-11H,8H2,(H2,24,32)(H,30,31)(H,26,28,29). The number of aromatic nitrogens is 7. The molecular formula is C23H16N8OS. The van der Waals surface area contributed by atoms with Gasteiger partial charge in [-0.25, -0.2) is 15.0 Å². The van der Waals surface area contributed by atoms with E-state index in [4.69, 9.17) is 15.7 Å². The summed E-state index contributed by atoms with van der Waals surface area (Å²) in [5, 5.41) is 11.6. The summed E-state index contributed by atoms with van der Waals surface area (Å²) in [5.41, 5.74) is 13.2. The largest absolute Gasteiger partial charge is 0.369 e. The summed E-state index contributed by atoms with van der Waals surface area (Å²) < 4.78 is 0. The van der Waals surface area contributed by atoms with Crippen molar-refractivity contribution in [2.45, 2.75) is 6.42 Å². The number of thiophene rings is 1. The van der Waals surface area contributed by atoms with Crippen LogP contribution in [0, 0.1) is 0 Å². The maximum absolute atomic E-state index is 11.3. The normalized spacial score (nSPS) is 11.4. The first-order chi connectivity index (χ1) is 16.2. The fraction of sp³-hybridized carbons (Fsp3) is 0.0435. The van der Waals surface area contributed by atoms with Gasteiger partial charge in [0.05, 0.1) is 17.6 Å². The second-order valence-electron chi connectivity index (χ2n) is 7.54. The van der Waals surface area contributed by atoms with E-state index in [2.05, 4.69) is 36.6 Å². The average molecular weight is 453 g/mol. The molecule has 0 aliphatic carbocycles. The van der Waals surface area contributed by atoms with Crippen LogP contribution in [0.1, 0.15) is 5.56 Å². The lowest BCUT2D eigenvalue weighted by Gasteiger charge is -2.03. The van der Waals surface area contributed by atoms with E-state index in [0.29, 0.717) is 28.4 Å². The molecule has 0 spiro atoms. The molecule has 0 radical (unpaired) electrons. The number of hydrogen-bond donors (Lipinski definition) is 3. The summed E-state index contributed by atoms with van der Waals surface area (Å²) in [6, 6.07) is 9.67. The Bertz CT molecular complexity index is 1630. The van der Waals surface area contributed by atoms with Crippen LogP contribution >= 0.6 is 11.3 Å². The van der Waals surface area contributed by atoms with Crippen LogP contribution in [0.2, 0.25) is 0 Å². The number of imidazole rings is 1. The van der Waals surface area contributed by atoms with Gasteiger partial charge in [-0.3, -0.25) is 14.9 Å². The SMILES string of the molecule is NC(=O)Cc1cncc(-c2ccc3[nH]nc(-c4nc5c(-c6ccsc6)ccnc5[nH]4)c3n2)c1. The van der Waals surface area contributed by atoms with Gasteiger partial charge in [-0.2, -0.15) is 16.4 Å². The number of pyridine rings is 3. The Morgan fingerprint density at radius 3 is 2.85 bits per heavy atom. The van der Waals surface area contributed by atoms with Gasteiger partial charge < -0.3 is 10.7 Å². The van der Waals surface area contributed by atoms with Crippen molar-refractivity contribution < 1.29 is 4.79 Å². The van der Waals surface area contributed by atoms with Crippen LogP contribution in [0.5, 0.6) is 0 Å². The summed E-state index contributed by atoms with van der Waals surface area (Å²) in [6.45, 7) is 0. The number of nitrogens with one attached hydrogen (secondary N) is 2. The van der Waals surface area contributed by atoms with Crippen molar-refractivity contribution in [3.8, 4) is 33.9 Å². The number of carbonyl (C=O) groups excluding carboxylic acids is 1. The van der Waals surface area contributed by atoms with E-state index in [1.54, 1.807) is 29.9 Å². The second kappa shape index (κ2) is 7.61. The molecule has 0 aliphatic rings. The zero-order valence-corrected chi connectivity index (χ0v) is 17.9. The molecule has 160 valence electrons. The third kappa shape index (κ3) is 3.42. The van der Waals surface area contributed by atoms with Crippen molar-refractivity contribution in [1.82, 2.24) is 35.1 Å². The molecule has 0 saturated heterocycles. The highest BCUT2D eigenvalue weighted by Gasteiger charge is 2.17. The van der Waals surface area contributed by atoms with Crippen molar-refractivity contribution in [1.29, 1.82) is 0 Å². The number of nitrogens with two attached hydrogens (primary N) is 1. The first-order valence-electron chi connectivity index (χ1n) is 10.1. The maximum atomic E-state index is 11.3. The zero-order chi connectivity index (χ0) is 22.4. The van der Waals surface area contributed by atoms with Gasteiger partial charge in [0, 0.05) is 29.7 Å². The van der Waals surface area contributed by atoms with Gasteiger partial charge >= 0.3 is 0 Å². The minimum atomic E-state index is -0.408. The molecule has 1 amide bonds. The molecule has 4 N–H and O–H groups in total. The molecule has 6 aromatic heterocycles. The highest BCUT2D eigenvalue weighted by Crippen LogP contribution is 2.31. The molecule has 0 saturated carbocycles. The lowest BCUT2D eigenvalue weighted by molar-refractivity contribution is -0.117. The predicted molar refractivity (Wildman–Crippen MR) is 126 cm³/mol. The monoisotopic (exact) mass is 452 g/mol. The Morgan fingerprint density at radius 1 is 1.06 bits per heavy atom. The molecule has 0 fully saturated rings. The second-order valence-corrected chi connectivity index (χ2v) is 8.32. The van der Waals surface area contributed by atoms with Gasteiger partial charge in [0.15, 0.2) is 17.2 Å².